The number of nitro benzene ring substituents is 1. The van der Waals surface area contributed by atoms with Gasteiger partial charge in [-0.15, -0.1) is 0 Å². The molecule has 36 heavy (non-hydrogen) atoms. The molecule has 3 aromatic rings. The number of imidazole rings is 1. The average Bonchev–Trinajstić information content (AvgIpc) is 3.36. The molecular formula is C27H29N5O4. The number of esters is 1. The Labute approximate surface area is 209 Å². The van der Waals surface area contributed by atoms with E-state index in [4.69, 9.17) is 4.74 Å². The fourth-order valence-electron chi connectivity index (χ4n) is 5.09. The number of hydrogen-bond acceptors (Lipinski definition) is 7. The van der Waals surface area contributed by atoms with Gasteiger partial charge in [0, 0.05) is 55.4 Å². The number of anilines is 2. The Bertz CT molecular complexity index is 1310. The van der Waals surface area contributed by atoms with Gasteiger partial charge in [-0.25, -0.2) is 9.78 Å². The topological polar surface area (TPSA) is 103 Å². The minimum absolute atomic E-state index is 0.0348. The van der Waals surface area contributed by atoms with Crippen LogP contribution in [0.5, 0.6) is 0 Å². The second-order valence-electron chi connectivity index (χ2n) is 9.14. The van der Waals surface area contributed by atoms with Gasteiger partial charge in [-0.3, -0.25) is 10.1 Å². The van der Waals surface area contributed by atoms with E-state index >= 15 is 0 Å². The second-order valence-corrected chi connectivity index (χ2v) is 9.14. The lowest BCUT2D eigenvalue weighted by Gasteiger charge is -2.31. The van der Waals surface area contributed by atoms with Crippen LogP contribution in [0, 0.1) is 10.1 Å². The first-order valence-corrected chi connectivity index (χ1v) is 12.3. The number of nitrogens with zero attached hydrogens (tertiary/aromatic N) is 4. The Morgan fingerprint density at radius 1 is 1.17 bits per heavy atom. The predicted octanol–water partition coefficient (Wildman–Crippen LogP) is 4.86. The summed E-state index contributed by atoms with van der Waals surface area (Å²) in [6.07, 6.45) is 7.64. The first-order chi connectivity index (χ1) is 17.5. The minimum atomic E-state index is -0.586. The maximum atomic E-state index is 13.4. The smallest absolute Gasteiger partial charge is 0.338 e. The van der Waals surface area contributed by atoms with Gasteiger partial charge in [-0.1, -0.05) is 30.3 Å². The van der Waals surface area contributed by atoms with E-state index in [1.54, 1.807) is 36.0 Å². The zero-order chi connectivity index (χ0) is 25.1. The maximum Gasteiger partial charge on any atom is 0.338 e. The summed E-state index contributed by atoms with van der Waals surface area (Å²) < 4.78 is 7.60. The molecule has 1 fully saturated rings. The molecule has 0 aliphatic carbocycles. The number of fused-ring (bicyclic) bond motifs is 1. The molecule has 2 aliphatic rings. The highest BCUT2D eigenvalue weighted by molar-refractivity contribution is 5.92. The molecule has 0 amide bonds. The number of aromatic nitrogens is 2. The van der Waals surface area contributed by atoms with Crippen molar-refractivity contribution in [3.63, 3.8) is 0 Å². The second kappa shape index (κ2) is 10.2. The molecule has 2 aliphatic heterocycles. The van der Waals surface area contributed by atoms with Crippen LogP contribution >= 0.6 is 0 Å². The highest BCUT2D eigenvalue weighted by Crippen LogP contribution is 2.37. The number of carbonyl (C=O) groups is 1. The van der Waals surface area contributed by atoms with Crippen LogP contribution in [0.15, 0.2) is 72.2 Å². The number of piperidine rings is 1. The van der Waals surface area contributed by atoms with Crippen molar-refractivity contribution in [3.8, 4) is 0 Å². The zero-order valence-corrected chi connectivity index (χ0v) is 20.2. The standard InChI is InChI=1S/C27H29N5O4/c1-19-24(25(31-16-13-28-27(31)29-19)21-9-7-10-22(18-21)32(34)35)26(33)36-17-12-20-8-3-4-11-23(20)30-14-5-2-6-15-30/h3-4,7-11,13,16,18,25H,2,5-6,12,14-15,17H2,1H3,(H,28,29). The summed E-state index contributed by atoms with van der Waals surface area (Å²) in [7, 11) is 0. The zero-order valence-electron chi connectivity index (χ0n) is 20.2. The molecule has 1 saturated heterocycles. The maximum absolute atomic E-state index is 13.4. The van der Waals surface area contributed by atoms with Crippen LogP contribution in [0.2, 0.25) is 0 Å². The normalized spacial score (nSPS) is 17.4. The Morgan fingerprint density at radius 3 is 2.78 bits per heavy atom. The van der Waals surface area contributed by atoms with Crippen LogP contribution in [0.1, 0.15) is 43.4 Å². The fourth-order valence-corrected chi connectivity index (χ4v) is 5.09. The molecule has 5 rings (SSSR count). The molecule has 186 valence electrons. The molecule has 9 nitrogen and oxygen atoms in total. The molecule has 0 bridgehead atoms. The van der Waals surface area contributed by atoms with Crippen LogP contribution in [0.4, 0.5) is 17.3 Å². The number of carbonyl (C=O) groups excluding carboxylic acids is 1. The van der Waals surface area contributed by atoms with Crippen molar-refractivity contribution >= 4 is 23.3 Å². The van der Waals surface area contributed by atoms with Gasteiger partial charge >= 0.3 is 5.97 Å². The summed E-state index contributed by atoms with van der Waals surface area (Å²) in [4.78, 5) is 31.1. The molecule has 3 heterocycles. The molecule has 1 unspecified atom stereocenters. The number of allylic oxidation sites excluding steroid dienone is 1. The summed E-state index contributed by atoms with van der Waals surface area (Å²) in [6.45, 7) is 4.13. The van der Waals surface area contributed by atoms with E-state index in [1.165, 1.54) is 37.1 Å². The number of rotatable bonds is 7. The summed E-state index contributed by atoms with van der Waals surface area (Å²) in [5, 5.41) is 14.6. The van der Waals surface area contributed by atoms with Crippen LogP contribution in [-0.2, 0) is 16.0 Å². The highest BCUT2D eigenvalue weighted by Gasteiger charge is 2.34. The van der Waals surface area contributed by atoms with Crippen molar-refractivity contribution in [2.45, 2.75) is 38.6 Å². The van der Waals surface area contributed by atoms with Gasteiger partial charge in [0.05, 0.1) is 23.1 Å². The Kier molecular flexibility index (Phi) is 6.71. The summed E-state index contributed by atoms with van der Waals surface area (Å²) in [5.41, 5.74) is 3.97. The summed E-state index contributed by atoms with van der Waals surface area (Å²) in [5.74, 6) is 0.113. The Balaban J connectivity index is 1.36. The van der Waals surface area contributed by atoms with E-state index in [-0.39, 0.29) is 12.3 Å². The number of nitro groups is 1. The fraction of sp³-hybridized carbons (Fsp3) is 0.333. The molecule has 9 heteroatoms. The van der Waals surface area contributed by atoms with Crippen molar-refractivity contribution in [1.82, 2.24) is 9.55 Å². The number of nitrogens with one attached hydrogen (secondary N) is 1. The third-order valence-corrected chi connectivity index (χ3v) is 6.83. The van der Waals surface area contributed by atoms with Gasteiger partial charge in [0.1, 0.15) is 0 Å². The number of ether oxygens (including phenoxy) is 1. The molecule has 1 N–H and O–H groups in total. The van der Waals surface area contributed by atoms with Gasteiger partial charge in [-0.05, 0) is 43.4 Å². The molecule has 0 radical (unpaired) electrons. The van der Waals surface area contributed by atoms with Gasteiger partial charge in [-0.2, -0.15) is 0 Å². The van der Waals surface area contributed by atoms with Crippen LogP contribution in [0.3, 0.4) is 0 Å². The van der Waals surface area contributed by atoms with Gasteiger partial charge in [0.2, 0.25) is 5.95 Å². The van der Waals surface area contributed by atoms with Gasteiger partial charge < -0.3 is 19.5 Å². The van der Waals surface area contributed by atoms with Gasteiger partial charge in [0.15, 0.2) is 0 Å². The molecule has 1 atom stereocenters. The lowest BCUT2D eigenvalue weighted by Crippen LogP contribution is -2.30. The lowest BCUT2D eigenvalue weighted by atomic mass is 9.95. The van der Waals surface area contributed by atoms with Crippen molar-refractivity contribution in [2.75, 3.05) is 29.9 Å². The predicted molar refractivity (Wildman–Crippen MR) is 137 cm³/mol. The SMILES string of the molecule is CC1=C(C(=O)OCCc2ccccc2N2CCCCC2)C(c2cccc([N+](=O)[O-])c2)n2ccnc2N1. The van der Waals surface area contributed by atoms with E-state index in [2.05, 4.69) is 27.3 Å². The molecule has 0 saturated carbocycles. The number of hydrogen-bond donors (Lipinski definition) is 1. The third kappa shape index (κ3) is 4.68. The van der Waals surface area contributed by atoms with E-state index in [1.807, 2.05) is 12.1 Å². The van der Waals surface area contributed by atoms with Crippen molar-refractivity contribution in [3.05, 3.63) is 93.4 Å². The average molecular weight is 488 g/mol. The number of benzene rings is 2. The molecule has 0 spiro atoms. The van der Waals surface area contributed by atoms with Crippen LogP contribution in [0.25, 0.3) is 0 Å². The quantitative estimate of drug-likeness (QED) is 0.288. The monoisotopic (exact) mass is 487 g/mol. The van der Waals surface area contributed by atoms with Crippen LogP contribution in [-0.4, -0.2) is 40.1 Å². The Hall–Kier alpha value is -4.14. The van der Waals surface area contributed by atoms with Crippen LogP contribution < -0.4 is 10.2 Å². The summed E-state index contributed by atoms with van der Waals surface area (Å²) >= 11 is 0. The van der Waals surface area contributed by atoms with E-state index in [9.17, 15) is 14.9 Å². The first kappa shape index (κ1) is 23.6. The largest absolute Gasteiger partial charge is 0.462 e. The van der Waals surface area contributed by atoms with Crippen molar-refractivity contribution < 1.29 is 14.5 Å². The van der Waals surface area contributed by atoms with Crippen molar-refractivity contribution in [1.29, 1.82) is 0 Å². The van der Waals surface area contributed by atoms with E-state index in [0.29, 0.717) is 29.2 Å². The molecular weight excluding hydrogens is 458 g/mol. The minimum Gasteiger partial charge on any atom is -0.462 e. The summed E-state index contributed by atoms with van der Waals surface area (Å²) in [6, 6.07) is 14.0. The van der Waals surface area contributed by atoms with E-state index < -0.39 is 16.9 Å². The lowest BCUT2D eigenvalue weighted by molar-refractivity contribution is -0.384. The van der Waals surface area contributed by atoms with E-state index in [0.717, 1.165) is 18.7 Å². The van der Waals surface area contributed by atoms with Gasteiger partial charge in [0.25, 0.3) is 5.69 Å². The number of non-ortho nitro benzene ring substituents is 1. The molecule has 2 aromatic carbocycles. The number of para-hydroxylation sites is 1. The van der Waals surface area contributed by atoms with Crippen molar-refractivity contribution in [2.24, 2.45) is 0 Å². The molecule has 1 aromatic heterocycles. The highest BCUT2D eigenvalue weighted by atomic mass is 16.6. The first-order valence-electron chi connectivity index (χ1n) is 12.3. The Morgan fingerprint density at radius 2 is 1.97 bits per heavy atom. The third-order valence-electron chi connectivity index (χ3n) is 6.83.